The van der Waals surface area contributed by atoms with E-state index in [0.29, 0.717) is 24.6 Å². The smallest absolute Gasteiger partial charge is 0.274 e. The van der Waals surface area contributed by atoms with Gasteiger partial charge in [0.2, 0.25) is 0 Å². The first-order valence-corrected chi connectivity index (χ1v) is 8.20. The molecule has 0 aliphatic heterocycles. The average Bonchev–Trinajstić information content (AvgIpc) is 2.58. The van der Waals surface area contributed by atoms with Crippen molar-refractivity contribution in [1.29, 1.82) is 0 Å². The fourth-order valence-electron chi connectivity index (χ4n) is 2.22. The van der Waals surface area contributed by atoms with E-state index in [1.165, 1.54) is 0 Å². The van der Waals surface area contributed by atoms with Crippen LogP contribution in [0.15, 0.2) is 36.4 Å². The minimum atomic E-state index is -0.103. The summed E-state index contributed by atoms with van der Waals surface area (Å²) >= 11 is 0. The van der Waals surface area contributed by atoms with Gasteiger partial charge in [0.25, 0.3) is 5.91 Å². The number of benzene rings is 1. The Bertz CT molecular complexity index is 650. The van der Waals surface area contributed by atoms with Crippen LogP contribution in [0, 0.1) is 0 Å². The molecular formula is C18H24N4O2. The molecule has 0 unspecified atom stereocenters. The van der Waals surface area contributed by atoms with Gasteiger partial charge in [-0.25, -0.2) is 0 Å². The Morgan fingerprint density at radius 1 is 1.08 bits per heavy atom. The van der Waals surface area contributed by atoms with Gasteiger partial charge in [-0.3, -0.25) is 4.79 Å². The van der Waals surface area contributed by atoms with Gasteiger partial charge in [-0.2, -0.15) is 0 Å². The Labute approximate surface area is 142 Å². The minimum absolute atomic E-state index is 0.103. The number of carbonyl (C=O) groups excluding carboxylic acids is 1. The van der Waals surface area contributed by atoms with Gasteiger partial charge in [0, 0.05) is 18.8 Å². The largest absolute Gasteiger partial charge is 0.491 e. The van der Waals surface area contributed by atoms with Crippen LogP contribution in [0.25, 0.3) is 0 Å². The maximum absolute atomic E-state index is 12.2. The second-order valence-corrected chi connectivity index (χ2v) is 5.60. The molecule has 6 nitrogen and oxygen atoms in total. The maximum atomic E-state index is 12.2. The number of amides is 1. The van der Waals surface area contributed by atoms with E-state index in [2.05, 4.69) is 15.5 Å². The molecule has 0 fully saturated rings. The summed E-state index contributed by atoms with van der Waals surface area (Å²) in [5.41, 5.74) is 1.23. The molecule has 0 spiro atoms. The number of ether oxygens (including phenoxy) is 1. The molecule has 0 saturated heterocycles. The molecule has 0 radical (unpaired) electrons. The molecule has 0 saturated carbocycles. The van der Waals surface area contributed by atoms with Gasteiger partial charge in [0.1, 0.15) is 5.75 Å². The van der Waals surface area contributed by atoms with E-state index in [-0.39, 0.29) is 12.0 Å². The van der Waals surface area contributed by atoms with E-state index in [1.54, 1.807) is 17.0 Å². The molecule has 0 atom stereocenters. The Kier molecular flexibility index (Phi) is 6.12. The molecule has 6 heteroatoms. The van der Waals surface area contributed by atoms with Gasteiger partial charge in [0.05, 0.1) is 6.10 Å². The second-order valence-electron chi connectivity index (χ2n) is 5.60. The molecule has 2 rings (SSSR count). The van der Waals surface area contributed by atoms with E-state index >= 15 is 0 Å². The average molecular weight is 328 g/mol. The van der Waals surface area contributed by atoms with E-state index in [4.69, 9.17) is 4.74 Å². The lowest BCUT2D eigenvalue weighted by atomic mass is 10.3. The van der Waals surface area contributed by atoms with Crippen molar-refractivity contribution in [1.82, 2.24) is 15.1 Å². The van der Waals surface area contributed by atoms with Crippen molar-refractivity contribution in [3.05, 3.63) is 42.1 Å². The van der Waals surface area contributed by atoms with Gasteiger partial charge in [-0.05, 0) is 64.1 Å². The molecule has 0 aliphatic rings. The fourth-order valence-corrected chi connectivity index (χ4v) is 2.22. The van der Waals surface area contributed by atoms with Crippen LogP contribution in [0.2, 0.25) is 0 Å². The topological polar surface area (TPSA) is 67.4 Å². The summed E-state index contributed by atoms with van der Waals surface area (Å²) in [6.07, 6.45) is 0.144. The number of anilines is 2. The van der Waals surface area contributed by atoms with Gasteiger partial charge in [0.15, 0.2) is 11.5 Å². The maximum Gasteiger partial charge on any atom is 0.274 e. The zero-order chi connectivity index (χ0) is 17.5. The van der Waals surface area contributed by atoms with Crippen LogP contribution in [0.1, 0.15) is 38.2 Å². The van der Waals surface area contributed by atoms with Crippen molar-refractivity contribution >= 4 is 17.4 Å². The monoisotopic (exact) mass is 328 g/mol. The predicted molar refractivity (Wildman–Crippen MR) is 94.8 cm³/mol. The SMILES string of the molecule is CCN(CC)C(=O)c1ccc(Nc2ccc(OC(C)C)cc2)nn1. The number of hydrogen-bond acceptors (Lipinski definition) is 5. The van der Waals surface area contributed by atoms with Crippen LogP contribution in [-0.2, 0) is 0 Å². The number of hydrogen-bond donors (Lipinski definition) is 1. The summed E-state index contributed by atoms with van der Waals surface area (Å²) in [5, 5.41) is 11.3. The molecule has 1 amide bonds. The molecular weight excluding hydrogens is 304 g/mol. The second kappa shape index (κ2) is 8.29. The summed E-state index contributed by atoms with van der Waals surface area (Å²) in [6.45, 7) is 9.17. The van der Waals surface area contributed by atoms with Crippen molar-refractivity contribution in [2.24, 2.45) is 0 Å². The number of aromatic nitrogens is 2. The first-order valence-electron chi connectivity index (χ1n) is 8.20. The predicted octanol–water partition coefficient (Wildman–Crippen LogP) is 3.49. The summed E-state index contributed by atoms with van der Waals surface area (Å²) < 4.78 is 5.61. The summed E-state index contributed by atoms with van der Waals surface area (Å²) in [5.74, 6) is 1.31. The standard InChI is InChI=1S/C18H24N4O2/c1-5-22(6-2)18(23)16-11-12-17(21-20-16)19-14-7-9-15(10-8-14)24-13(3)4/h7-13H,5-6H2,1-4H3,(H,19,21). The van der Waals surface area contributed by atoms with Gasteiger partial charge >= 0.3 is 0 Å². The molecule has 0 bridgehead atoms. The lowest BCUT2D eigenvalue weighted by Gasteiger charge is -2.17. The van der Waals surface area contributed by atoms with Crippen LogP contribution >= 0.6 is 0 Å². The van der Waals surface area contributed by atoms with Crippen molar-refractivity contribution in [3.8, 4) is 5.75 Å². The third-order valence-corrected chi connectivity index (χ3v) is 3.43. The lowest BCUT2D eigenvalue weighted by molar-refractivity contribution is 0.0766. The van der Waals surface area contributed by atoms with Crippen molar-refractivity contribution in [2.45, 2.75) is 33.8 Å². The molecule has 2 aromatic rings. The minimum Gasteiger partial charge on any atom is -0.491 e. The number of rotatable bonds is 7. The molecule has 128 valence electrons. The Hall–Kier alpha value is -2.63. The van der Waals surface area contributed by atoms with Crippen LogP contribution in [0.4, 0.5) is 11.5 Å². The Morgan fingerprint density at radius 2 is 1.75 bits per heavy atom. The van der Waals surface area contributed by atoms with Gasteiger partial charge in [-0.1, -0.05) is 0 Å². The van der Waals surface area contributed by atoms with Gasteiger partial charge < -0.3 is 15.0 Å². The highest BCUT2D eigenvalue weighted by Gasteiger charge is 2.14. The van der Waals surface area contributed by atoms with Crippen molar-refractivity contribution in [3.63, 3.8) is 0 Å². The third kappa shape index (κ3) is 4.68. The fraction of sp³-hybridized carbons (Fsp3) is 0.389. The van der Waals surface area contributed by atoms with Crippen molar-refractivity contribution < 1.29 is 9.53 Å². The zero-order valence-electron chi connectivity index (χ0n) is 14.6. The summed E-state index contributed by atoms with van der Waals surface area (Å²) in [6, 6.07) is 11.1. The van der Waals surface area contributed by atoms with Crippen molar-refractivity contribution in [2.75, 3.05) is 18.4 Å². The third-order valence-electron chi connectivity index (χ3n) is 3.43. The first-order chi connectivity index (χ1) is 11.5. The van der Waals surface area contributed by atoms with E-state index in [1.807, 2.05) is 52.0 Å². The van der Waals surface area contributed by atoms with E-state index in [0.717, 1.165) is 11.4 Å². The normalized spacial score (nSPS) is 10.5. The van der Waals surface area contributed by atoms with Crippen LogP contribution < -0.4 is 10.1 Å². The number of carbonyl (C=O) groups is 1. The van der Waals surface area contributed by atoms with E-state index in [9.17, 15) is 4.79 Å². The molecule has 1 N–H and O–H groups in total. The molecule has 1 aromatic heterocycles. The van der Waals surface area contributed by atoms with Crippen LogP contribution in [-0.4, -0.2) is 40.2 Å². The molecule has 24 heavy (non-hydrogen) atoms. The van der Waals surface area contributed by atoms with Crippen LogP contribution in [0.3, 0.4) is 0 Å². The summed E-state index contributed by atoms with van der Waals surface area (Å²) in [7, 11) is 0. The quantitative estimate of drug-likeness (QED) is 0.842. The summed E-state index contributed by atoms with van der Waals surface area (Å²) in [4.78, 5) is 13.9. The molecule has 0 aliphatic carbocycles. The first kappa shape index (κ1) is 17.7. The zero-order valence-corrected chi connectivity index (χ0v) is 14.6. The Balaban J connectivity index is 2.02. The van der Waals surface area contributed by atoms with E-state index < -0.39 is 0 Å². The number of nitrogens with one attached hydrogen (secondary N) is 1. The highest BCUT2D eigenvalue weighted by atomic mass is 16.5. The highest BCUT2D eigenvalue weighted by Crippen LogP contribution is 2.19. The van der Waals surface area contributed by atoms with Crippen LogP contribution in [0.5, 0.6) is 5.75 Å². The lowest BCUT2D eigenvalue weighted by Crippen LogP contribution is -2.31. The number of nitrogens with zero attached hydrogens (tertiary/aromatic N) is 3. The molecule has 1 aromatic carbocycles. The van der Waals surface area contributed by atoms with Gasteiger partial charge in [-0.15, -0.1) is 10.2 Å². The highest BCUT2D eigenvalue weighted by molar-refractivity contribution is 5.92. The molecule has 1 heterocycles. The Morgan fingerprint density at radius 3 is 2.25 bits per heavy atom.